The van der Waals surface area contributed by atoms with Crippen molar-refractivity contribution in [3.63, 3.8) is 0 Å². The van der Waals surface area contributed by atoms with E-state index in [1.165, 1.54) is 30.4 Å². The van der Waals surface area contributed by atoms with Gasteiger partial charge in [-0.3, -0.25) is 0 Å². The summed E-state index contributed by atoms with van der Waals surface area (Å²) in [5, 5.41) is 11.0. The van der Waals surface area contributed by atoms with Crippen LogP contribution in [-0.2, 0) is 5.60 Å². The Hall–Kier alpha value is -0.820. The highest BCUT2D eigenvalue weighted by molar-refractivity contribution is 5.34. The van der Waals surface area contributed by atoms with Crippen molar-refractivity contribution in [3.05, 3.63) is 34.9 Å². The zero-order valence-corrected chi connectivity index (χ0v) is 12.0. The maximum absolute atomic E-state index is 11.0. The van der Waals surface area contributed by atoms with E-state index in [0.29, 0.717) is 0 Å². The van der Waals surface area contributed by atoms with Gasteiger partial charge in [-0.1, -0.05) is 43.5 Å². The first-order chi connectivity index (χ1) is 8.55. The number of hydrogen-bond acceptors (Lipinski definition) is 1. The fraction of sp³-hybridized carbons (Fsp3) is 0.647. The Kier molecular flexibility index (Phi) is 4.11. The minimum Gasteiger partial charge on any atom is -0.385 e. The van der Waals surface area contributed by atoms with Gasteiger partial charge >= 0.3 is 0 Å². The molecule has 0 aliphatic heterocycles. The van der Waals surface area contributed by atoms with E-state index in [1.54, 1.807) is 0 Å². The molecule has 1 aliphatic rings. The SMILES string of the molecule is CCC1CCCC(O)(c2ccc(C)cc2C)CC1. The Morgan fingerprint density at radius 2 is 2.00 bits per heavy atom. The number of rotatable bonds is 2. The van der Waals surface area contributed by atoms with Gasteiger partial charge in [0.1, 0.15) is 0 Å². The Morgan fingerprint density at radius 1 is 1.22 bits per heavy atom. The van der Waals surface area contributed by atoms with E-state index in [4.69, 9.17) is 0 Å². The van der Waals surface area contributed by atoms with Gasteiger partial charge in [0, 0.05) is 0 Å². The van der Waals surface area contributed by atoms with Gasteiger partial charge in [0.2, 0.25) is 0 Å². The second-order valence-corrected chi connectivity index (χ2v) is 6.06. The number of aryl methyl sites for hydroxylation is 2. The van der Waals surface area contributed by atoms with Gasteiger partial charge in [-0.05, 0) is 56.6 Å². The summed E-state index contributed by atoms with van der Waals surface area (Å²) in [6.07, 6.45) is 6.71. The maximum Gasteiger partial charge on any atom is 0.0899 e. The van der Waals surface area contributed by atoms with Gasteiger partial charge in [0.25, 0.3) is 0 Å². The molecule has 0 amide bonds. The Bertz CT molecular complexity index is 410. The molecule has 1 nitrogen and oxygen atoms in total. The van der Waals surface area contributed by atoms with Crippen LogP contribution in [0.1, 0.15) is 62.1 Å². The Labute approximate surface area is 111 Å². The van der Waals surface area contributed by atoms with Crippen molar-refractivity contribution < 1.29 is 5.11 Å². The van der Waals surface area contributed by atoms with Crippen LogP contribution in [-0.4, -0.2) is 5.11 Å². The lowest BCUT2D eigenvalue weighted by molar-refractivity contribution is 0.0190. The third kappa shape index (κ3) is 2.77. The summed E-state index contributed by atoms with van der Waals surface area (Å²) in [5.74, 6) is 0.810. The molecule has 0 spiro atoms. The molecule has 2 atom stereocenters. The van der Waals surface area contributed by atoms with Gasteiger partial charge in [-0.2, -0.15) is 0 Å². The molecular weight excluding hydrogens is 220 g/mol. The van der Waals surface area contributed by atoms with E-state index in [9.17, 15) is 5.11 Å². The van der Waals surface area contributed by atoms with Gasteiger partial charge in [0.15, 0.2) is 0 Å². The van der Waals surface area contributed by atoms with E-state index in [0.717, 1.165) is 30.7 Å². The molecule has 1 N–H and O–H groups in total. The molecule has 1 saturated carbocycles. The molecule has 2 unspecified atom stereocenters. The normalized spacial score (nSPS) is 29.0. The van der Waals surface area contributed by atoms with Crippen LogP contribution in [0, 0.1) is 19.8 Å². The molecule has 1 heteroatoms. The number of hydrogen-bond donors (Lipinski definition) is 1. The van der Waals surface area contributed by atoms with E-state index in [-0.39, 0.29) is 0 Å². The largest absolute Gasteiger partial charge is 0.385 e. The third-order valence-corrected chi connectivity index (χ3v) is 4.63. The van der Waals surface area contributed by atoms with Gasteiger partial charge in [-0.15, -0.1) is 0 Å². The van der Waals surface area contributed by atoms with E-state index in [1.807, 2.05) is 0 Å². The zero-order chi connectivity index (χ0) is 13.2. The summed E-state index contributed by atoms with van der Waals surface area (Å²) in [4.78, 5) is 0. The Balaban J connectivity index is 2.24. The monoisotopic (exact) mass is 246 g/mol. The first-order valence-electron chi connectivity index (χ1n) is 7.35. The Morgan fingerprint density at radius 3 is 2.67 bits per heavy atom. The zero-order valence-electron chi connectivity index (χ0n) is 12.0. The molecule has 1 aliphatic carbocycles. The van der Waals surface area contributed by atoms with Gasteiger partial charge < -0.3 is 5.11 Å². The summed E-state index contributed by atoms with van der Waals surface area (Å²) in [6.45, 7) is 6.51. The van der Waals surface area contributed by atoms with Gasteiger partial charge in [0.05, 0.1) is 5.60 Å². The lowest BCUT2D eigenvalue weighted by atomic mass is 9.83. The predicted molar refractivity (Wildman–Crippen MR) is 76.7 cm³/mol. The van der Waals surface area contributed by atoms with Crippen molar-refractivity contribution in [2.75, 3.05) is 0 Å². The average Bonchev–Trinajstić information content (AvgIpc) is 2.51. The van der Waals surface area contributed by atoms with E-state index >= 15 is 0 Å². The fourth-order valence-corrected chi connectivity index (χ4v) is 3.41. The first kappa shape index (κ1) is 13.6. The maximum atomic E-state index is 11.0. The van der Waals surface area contributed by atoms with Crippen LogP contribution in [0.3, 0.4) is 0 Å². The molecule has 0 saturated heterocycles. The second-order valence-electron chi connectivity index (χ2n) is 6.06. The summed E-state index contributed by atoms with van der Waals surface area (Å²) < 4.78 is 0. The van der Waals surface area contributed by atoms with Crippen molar-refractivity contribution in [2.24, 2.45) is 5.92 Å². The minimum atomic E-state index is -0.582. The number of benzene rings is 1. The van der Waals surface area contributed by atoms with Crippen LogP contribution in [0.15, 0.2) is 18.2 Å². The topological polar surface area (TPSA) is 20.2 Å². The van der Waals surface area contributed by atoms with Crippen LogP contribution in [0.2, 0.25) is 0 Å². The molecule has 1 aromatic rings. The smallest absolute Gasteiger partial charge is 0.0899 e. The van der Waals surface area contributed by atoms with Crippen LogP contribution in [0.4, 0.5) is 0 Å². The quantitative estimate of drug-likeness (QED) is 0.763. The molecule has 2 rings (SSSR count). The summed E-state index contributed by atoms with van der Waals surface area (Å²) in [5.41, 5.74) is 3.10. The van der Waals surface area contributed by atoms with E-state index in [2.05, 4.69) is 39.0 Å². The minimum absolute atomic E-state index is 0.582. The lowest BCUT2D eigenvalue weighted by Crippen LogP contribution is -2.26. The van der Waals surface area contributed by atoms with Crippen molar-refractivity contribution in [1.82, 2.24) is 0 Å². The molecule has 0 aromatic heterocycles. The summed E-state index contributed by atoms with van der Waals surface area (Å²) >= 11 is 0. The van der Waals surface area contributed by atoms with Crippen LogP contribution in [0.5, 0.6) is 0 Å². The highest BCUT2D eigenvalue weighted by atomic mass is 16.3. The lowest BCUT2D eigenvalue weighted by Gasteiger charge is -2.29. The van der Waals surface area contributed by atoms with Crippen molar-refractivity contribution in [1.29, 1.82) is 0 Å². The summed E-state index contributed by atoms with van der Waals surface area (Å²) in [7, 11) is 0. The highest BCUT2D eigenvalue weighted by Gasteiger charge is 2.33. The first-order valence-corrected chi connectivity index (χ1v) is 7.35. The molecular formula is C17H26O. The van der Waals surface area contributed by atoms with Gasteiger partial charge in [-0.25, -0.2) is 0 Å². The van der Waals surface area contributed by atoms with E-state index < -0.39 is 5.60 Å². The van der Waals surface area contributed by atoms with Crippen molar-refractivity contribution in [3.8, 4) is 0 Å². The molecule has 100 valence electrons. The van der Waals surface area contributed by atoms with Crippen LogP contribution >= 0.6 is 0 Å². The molecule has 0 bridgehead atoms. The number of aliphatic hydroxyl groups is 1. The average molecular weight is 246 g/mol. The van der Waals surface area contributed by atoms with Crippen LogP contribution in [0.25, 0.3) is 0 Å². The second kappa shape index (κ2) is 5.44. The summed E-state index contributed by atoms with van der Waals surface area (Å²) in [6, 6.07) is 6.45. The molecule has 1 aromatic carbocycles. The van der Waals surface area contributed by atoms with Crippen molar-refractivity contribution >= 4 is 0 Å². The molecule has 18 heavy (non-hydrogen) atoms. The standard InChI is InChI=1S/C17H26O/c1-4-15-6-5-10-17(18,11-9-15)16-8-7-13(2)12-14(16)3/h7-8,12,15,18H,4-6,9-11H2,1-3H3. The fourth-order valence-electron chi connectivity index (χ4n) is 3.41. The molecule has 0 heterocycles. The van der Waals surface area contributed by atoms with Crippen LogP contribution < -0.4 is 0 Å². The molecule has 0 radical (unpaired) electrons. The molecule has 1 fully saturated rings. The highest BCUT2D eigenvalue weighted by Crippen LogP contribution is 2.39. The van der Waals surface area contributed by atoms with Crippen molar-refractivity contribution in [2.45, 2.75) is 64.9 Å². The third-order valence-electron chi connectivity index (χ3n) is 4.63. The predicted octanol–water partition coefficient (Wildman–Crippen LogP) is 4.48.